The smallest absolute Gasteiger partial charge is 0.114 e. The van der Waals surface area contributed by atoms with Gasteiger partial charge in [0.05, 0.1) is 4.83 Å². The van der Waals surface area contributed by atoms with Crippen LogP contribution >= 0.6 is 15.9 Å². The van der Waals surface area contributed by atoms with Crippen LogP contribution in [0.4, 0.5) is 4.39 Å². The number of alkyl halides is 2. The Kier molecular flexibility index (Phi) is 6.42. The van der Waals surface area contributed by atoms with E-state index in [9.17, 15) is 4.39 Å². The molecule has 2 unspecified atom stereocenters. The minimum absolute atomic E-state index is 0.192. The Bertz CT molecular complexity index is 277. The minimum atomic E-state index is -0.845. The zero-order valence-electron chi connectivity index (χ0n) is 10.4. The molecule has 0 aromatic rings. The summed E-state index contributed by atoms with van der Waals surface area (Å²) in [5.41, 5.74) is -0.845. The topological polar surface area (TPSA) is 20.2 Å². The van der Waals surface area contributed by atoms with Crippen LogP contribution in [0.25, 0.3) is 0 Å². The molecule has 0 spiro atoms. The van der Waals surface area contributed by atoms with Crippen molar-refractivity contribution < 1.29 is 9.50 Å². The average molecular weight is 305 g/mol. The predicted octanol–water partition coefficient (Wildman–Crippen LogP) is 4.16. The molecule has 0 bridgehead atoms. The highest BCUT2D eigenvalue weighted by molar-refractivity contribution is 9.09. The van der Waals surface area contributed by atoms with E-state index in [1.54, 1.807) is 0 Å². The molecule has 1 aliphatic rings. The molecule has 1 fully saturated rings. The van der Waals surface area contributed by atoms with Crippen LogP contribution in [0.2, 0.25) is 0 Å². The third-order valence-electron chi connectivity index (χ3n) is 3.36. The molecule has 3 atom stereocenters. The second-order valence-electron chi connectivity index (χ2n) is 4.68. The molecule has 0 aromatic carbocycles. The van der Waals surface area contributed by atoms with Crippen LogP contribution in [0.15, 0.2) is 24.3 Å². The lowest BCUT2D eigenvalue weighted by molar-refractivity contribution is 0.268. The van der Waals surface area contributed by atoms with Crippen LogP contribution in [0, 0.1) is 5.92 Å². The van der Waals surface area contributed by atoms with E-state index >= 15 is 0 Å². The third kappa shape index (κ3) is 5.35. The quantitative estimate of drug-likeness (QED) is 0.527. The van der Waals surface area contributed by atoms with Crippen molar-refractivity contribution in [2.24, 2.45) is 5.92 Å². The standard InChI is InChI=1S/C14H22BrFO/c1-2-14(16)11-12(14)7-3-4-8-13(15)9-5-6-10-17/h4-5,8-9,12-13,17H,2-3,6-7,10-11H2,1H3/b8-4-,9-5?/t12-,13?,14?/m0/s1. The fraction of sp³-hybridized carbons (Fsp3) is 0.714. The van der Waals surface area contributed by atoms with E-state index in [-0.39, 0.29) is 17.4 Å². The molecule has 0 aliphatic heterocycles. The fourth-order valence-corrected chi connectivity index (χ4v) is 2.46. The highest BCUT2D eigenvalue weighted by atomic mass is 79.9. The molecule has 17 heavy (non-hydrogen) atoms. The molecular weight excluding hydrogens is 283 g/mol. The number of hydrogen-bond acceptors (Lipinski definition) is 1. The first-order valence-electron chi connectivity index (χ1n) is 6.39. The summed E-state index contributed by atoms with van der Waals surface area (Å²) in [6.45, 7) is 2.12. The van der Waals surface area contributed by atoms with Crippen LogP contribution in [0.1, 0.15) is 39.0 Å². The van der Waals surface area contributed by atoms with E-state index in [4.69, 9.17) is 5.11 Å². The Morgan fingerprint density at radius 2 is 2.06 bits per heavy atom. The first-order chi connectivity index (χ1) is 8.12. The lowest BCUT2D eigenvalue weighted by atomic mass is 10.1. The molecular formula is C14H22BrFO. The van der Waals surface area contributed by atoms with E-state index in [1.807, 2.05) is 19.1 Å². The van der Waals surface area contributed by atoms with Gasteiger partial charge in [0.2, 0.25) is 0 Å². The van der Waals surface area contributed by atoms with Gasteiger partial charge in [0.25, 0.3) is 0 Å². The maximum Gasteiger partial charge on any atom is 0.114 e. The number of aliphatic hydroxyl groups excluding tert-OH is 1. The molecule has 0 radical (unpaired) electrons. The summed E-state index contributed by atoms with van der Waals surface area (Å²) in [6, 6.07) is 0. The lowest BCUT2D eigenvalue weighted by Gasteiger charge is -2.01. The Hall–Kier alpha value is -0.150. The number of hydrogen-bond donors (Lipinski definition) is 1. The van der Waals surface area contributed by atoms with Gasteiger partial charge in [-0.05, 0) is 38.0 Å². The summed E-state index contributed by atoms with van der Waals surface area (Å²) in [7, 11) is 0. The van der Waals surface area contributed by atoms with Crippen molar-refractivity contribution in [1.29, 1.82) is 0 Å². The molecule has 0 amide bonds. The molecule has 1 nitrogen and oxygen atoms in total. The second kappa shape index (κ2) is 7.32. The van der Waals surface area contributed by atoms with E-state index in [0.29, 0.717) is 12.8 Å². The summed E-state index contributed by atoms with van der Waals surface area (Å²) in [6.07, 6.45) is 12.2. The highest BCUT2D eigenvalue weighted by Crippen LogP contribution is 2.52. The van der Waals surface area contributed by atoms with Crippen molar-refractivity contribution in [2.45, 2.75) is 49.5 Å². The Morgan fingerprint density at radius 3 is 2.59 bits per heavy atom. The largest absolute Gasteiger partial charge is 0.396 e. The summed E-state index contributed by atoms with van der Waals surface area (Å²) in [5.74, 6) is 0.288. The van der Waals surface area contributed by atoms with Crippen LogP contribution in [0.3, 0.4) is 0 Å². The predicted molar refractivity (Wildman–Crippen MR) is 74.2 cm³/mol. The van der Waals surface area contributed by atoms with Gasteiger partial charge in [-0.3, -0.25) is 0 Å². The molecule has 1 rings (SSSR count). The molecule has 98 valence electrons. The number of allylic oxidation sites excluding steroid dienone is 3. The molecule has 1 aliphatic carbocycles. The first kappa shape index (κ1) is 14.9. The van der Waals surface area contributed by atoms with Crippen molar-refractivity contribution in [3.05, 3.63) is 24.3 Å². The lowest BCUT2D eigenvalue weighted by Crippen LogP contribution is -2.00. The van der Waals surface area contributed by atoms with Crippen LogP contribution in [-0.4, -0.2) is 22.2 Å². The molecule has 3 heteroatoms. The van der Waals surface area contributed by atoms with Gasteiger partial charge in [-0.2, -0.15) is 0 Å². The van der Waals surface area contributed by atoms with Gasteiger partial charge in [-0.25, -0.2) is 4.39 Å². The molecule has 1 N–H and O–H groups in total. The second-order valence-corrected chi connectivity index (χ2v) is 5.74. The summed E-state index contributed by atoms with van der Waals surface area (Å²) in [4.78, 5) is 0.217. The van der Waals surface area contributed by atoms with Crippen molar-refractivity contribution in [3.63, 3.8) is 0 Å². The first-order valence-corrected chi connectivity index (χ1v) is 7.31. The maximum absolute atomic E-state index is 13.6. The van der Waals surface area contributed by atoms with E-state index in [2.05, 4.69) is 28.1 Å². The van der Waals surface area contributed by atoms with Gasteiger partial charge in [0.1, 0.15) is 5.67 Å². The van der Waals surface area contributed by atoms with Crippen molar-refractivity contribution in [1.82, 2.24) is 0 Å². The number of halogens is 2. The van der Waals surface area contributed by atoms with E-state index in [1.165, 1.54) is 0 Å². The van der Waals surface area contributed by atoms with Crippen molar-refractivity contribution >= 4 is 15.9 Å². The van der Waals surface area contributed by atoms with Gasteiger partial charge >= 0.3 is 0 Å². The molecule has 0 saturated heterocycles. The van der Waals surface area contributed by atoms with Gasteiger partial charge in [0.15, 0.2) is 0 Å². The maximum atomic E-state index is 13.6. The Balaban J connectivity index is 2.10. The van der Waals surface area contributed by atoms with Gasteiger partial charge in [0, 0.05) is 6.61 Å². The van der Waals surface area contributed by atoms with Gasteiger partial charge in [-0.1, -0.05) is 47.2 Å². The van der Waals surface area contributed by atoms with Crippen LogP contribution < -0.4 is 0 Å². The third-order valence-corrected chi connectivity index (χ3v) is 3.97. The minimum Gasteiger partial charge on any atom is -0.396 e. The number of aliphatic hydroxyl groups is 1. The zero-order valence-corrected chi connectivity index (χ0v) is 12.0. The SMILES string of the molecule is CCC1(F)C[C@@H]1CC/C=C\C(Br)C=CCCO. The summed E-state index contributed by atoms with van der Waals surface area (Å²) in [5, 5.41) is 8.61. The highest BCUT2D eigenvalue weighted by Gasteiger charge is 2.52. The Labute approximate surface area is 112 Å². The summed E-state index contributed by atoms with van der Waals surface area (Å²) >= 11 is 3.50. The molecule has 0 aromatic heterocycles. The van der Waals surface area contributed by atoms with Gasteiger partial charge < -0.3 is 5.11 Å². The number of rotatable bonds is 8. The van der Waals surface area contributed by atoms with Crippen LogP contribution in [0.5, 0.6) is 0 Å². The average Bonchev–Trinajstić information content (AvgIpc) is 2.97. The van der Waals surface area contributed by atoms with E-state index in [0.717, 1.165) is 19.3 Å². The molecule has 1 saturated carbocycles. The summed E-state index contributed by atoms with van der Waals surface area (Å²) < 4.78 is 13.6. The van der Waals surface area contributed by atoms with Crippen molar-refractivity contribution in [3.8, 4) is 0 Å². The van der Waals surface area contributed by atoms with Crippen molar-refractivity contribution in [2.75, 3.05) is 6.61 Å². The normalized spacial score (nSPS) is 30.2. The fourth-order valence-electron chi connectivity index (χ4n) is 2.03. The molecule has 0 heterocycles. The zero-order chi connectivity index (χ0) is 12.7. The van der Waals surface area contributed by atoms with E-state index < -0.39 is 5.67 Å². The van der Waals surface area contributed by atoms with Crippen LogP contribution in [-0.2, 0) is 0 Å². The Morgan fingerprint density at radius 1 is 1.41 bits per heavy atom. The van der Waals surface area contributed by atoms with Gasteiger partial charge in [-0.15, -0.1) is 0 Å². The monoisotopic (exact) mass is 304 g/mol.